The van der Waals surface area contributed by atoms with Crippen molar-refractivity contribution in [3.05, 3.63) is 11.9 Å². The molecule has 3 nitrogen and oxygen atoms in total. The van der Waals surface area contributed by atoms with Gasteiger partial charge >= 0.3 is 0 Å². The van der Waals surface area contributed by atoms with Crippen molar-refractivity contribution in [2.75, 3.05) is 0 Å². The lowest BCUT2D eigenvalue weighted by atomic mass is 9.93. The SMILES string of the molecule is CC(C)(C)c1cn([Si](C)(C)C)nn1. The van der Waals surface area contributed by atoms with Crippen LogP contribution in [0.15, 0.2) is 6.20 Å². The molecule has 74 valence electrons. The highest BCUT2D eigenvalue weighted by molar-refractivity contribution is 6.74. The van der Waals surface area contributed by atoms with Crippen molar-refractivity contribution in [3.8, 4) is 0 Å². The standard InChI is InChI=1S/C9H19N3Si/c1-9(2,3)8-7-12(11-10-8)13(4,5)6/h7H,1-6H3. The smallest absolute Gasteiger partial charge is 0.178 e. The molecular formula is C9H19N3Si. The normalized spacial score (nSPS) is 13.4. The number of nitrogens with zero attached hydrogens (tertiary/aromatic N) is 3. The first-order valence-electron chi connectivity index (χ1n) is 4.64. The van der Waals surface area contributed by atoms with E-state index in [0.717, 1.165) is 5.69 Å². The summed E-state index contributed by atoms with van der Waals surface area (Å²) in [7, 11) is -1.35. The van der Waals surface area contributed by atoms with Gasteiger partial charge in [-0.3, -0.25) is 4.35 Å². The third-order valence-corrected chi connectivity index (χ3v) is 3.54. The maximum Gasteiger partial charge on any atom is 0.178 e. The van der Waals surface area contributed by atoms with Gasteiger partial charge in [-0.15, -0.1) is 5.10 Å². The lowest BCUT2D eigenvalue weighted by molar-refractivity contribution is 0.566. The molecule has 0 aliphatic heterocycles. The van der Waals surface area contributed by atoms with E-state index in [0.29, 0.717) is 0 Å². The second kappa shape index (κ2) is 2.94. The van der Waals surface area contributed by atoms with Crippen LogP contribution in [0.5, 0.6) is 0 Å². The van der Waals surface area contributed by atoms with Gasteiger partial charge in [0.15, 0.2) is 8.24 Å². The summed E-state index contributed by atoms with van der Waals surface area (Å²) < 4.78 is 2.05. The molecule has 0 fully saturated rings. The fourth-order valence-corrected chi connectivity index (χ4v) is 1.76. The lowest BCUT2D eigenvalue weighted by Gasteiger charge is -2.16. The Morgan fingerprint density at radius 3 is 2.00 bits per heavy atom. The fourth-order valence-electron chi connectivity index (χ4n) is 0.935. The molecule has 0 saturated carbocycles. The first-order chi connectivity index (χ1) is 5.71. The van der Waals surface area contributed by atoms with Gasteiger partial charge in [0.25, 0.3) is 0 Å². The third kappa shape index (κ3) is 2.40. The second-order valence-corrected chi connectivity index (χ2v) is 10.3. The van der Waals surface area contributed by atoms with Gasteiger partial charge in [-0.2, -0.15) is 0 Å². The Labute approximate surface area is 81.2 Å². The molecule has 0 aliphatic rings. The predicted molar refractivity (Wildman–Crippen MR) is 57.5 cm³/mol. The summed E-state index contributed by atoms with van der Waals surface area (Å²) in [5.41, 5.74) is 1.19. The number of aromatic nitrogens is 3. The minimum absolute atomic E-state index is 0.109. The van der Waals surface area contributed by atoms with Crippen molar-refractivity contribution in [1.82, 2.24) is 14.7 Å². The molecule has 0 spiro atoms. The van der Waals surface area contributed by atoms with Crippen LogP contribution < -0.4 is 0 Å². The van der Waals surface area contributed by atoms with Crippen molar-refractivity contribution in [2.45, 2.75) is 45.8 Å². The maximum absolute atomic E-state index is 4.20. The maximum atomic E-state index is 4.20. The molecule has 0 aromatic carbocycles. The zero-order valence-corrected chi connectivity index (χ0v) is 10.4. The van der Waals surface area contributed by atoms with Crippen LogP contribution in [0.2, 0.25) is 19.6 Å². The van der Waals surface area contributed by atoms with Crippen LogP contribution in [0.25, 0.3) is 0 Å². The fraction of sp³-hybridized carbons (Fsp3) is 0.778. The van der Waals surface area contributed by atoms with E-state index < -0.39 is 8.24 Å². The van der Waals surface area contributed by atoms with Crippen LogP contribution in [0.3, 0.4) is 0 Å². The summed E-state index contributed by atoms with van der Waals surface area (Å²) in [6.45, 7) is 13.2. The lowest BCUT2D eigenvalue weighted by Crippen LogP contribution is -2.32. The average molecular weight is 197 g/mol. The largest absolute Gasteiger partial charge is 0.282 e. The molecule has 1 heterocycles. The molecule has 0 N–H and O–H groups in total. The number of hydrogen-bond acceptors (Lipinski definition) is 2. The van der Waals surface area contributed by atoms with Gasteiger partial charge in [-0.05, 0) is 19.6 Å². The summed E-state index contributed by atoms with van der Waals surface area (Å²) in [4.78, 5) is 0. The molecule has 0 saturated heterocycles. The Morgan fingerprint density at radius 2 is 1.77 bits per heavy atom. The predicted octanol–water partition coefficient (Wildman–Crippen LogP) is 2.26. The Bertz CT molecular complexity index is 262. The summed E-state index contributed by atoms with van der Waals surface area (Å²) in [5.74, 6) is 0. The van der Waals surface area contributed by atoms with Gasteiger partial charge < -0.3 is 0 Å². The van der Waals surface area contributed by atoms with E-state index in [1.165, 1.54) is 0 Å². The monoisotopic (exact) mass is 197 g/mol. The van der Waals surface area contributed by atoms with Crippen LogP contribution >= 0.6 is 0 Å². The van der Waals surface area contributed by atoms with E-state index in [1.807, 2.05) is 4.35 Å². The number of hydrogen-bond donors (Lipinski definition) is 0. The van der Waals surface area contributed by atoms with E-state index >= 15 is 0 Å². The van der Waals surface area contributed by atoms with Crippen LogP contribution in [0, 0.1) is 0 Å². The van der Waals surface area contributed by atoms with Crippen molar-refractivity contribution < 1.29 is 0 Å². The second-order valence-electron chi connectivity index (χ2n) is 5.47. The van der Waals surface area contributed by atoms with Crippen molar-refractivity contribution >= 4 is 8.24 Å². The Kier molecular flexibility index (Phi) is 2.36. The van der Waals surface area contributed by atoms with E-state index in [4.69, 9.17) is 0 Å². The summed E-state index contributed by atoms with van der Waals surface area (Å²) in [6.07, 6.45) is 2.09. The third-order valence-electron chi connectivity index (χ3n) is 1.95. The van der Waals surface area contributed by atoms with Crippen molar-refractivity contribution in [2.24, 2.45) is 0 Å². The Hall–Kier alpha value is -0.643. The summed E-state index contributed by atoms with van der Waals surface area (Å²) in [6, 6.07) is 0. The molecule has 1 aromatic heterocycles. The molecular weight excluding hydrogens is 178 g/mol. The zero-order chi connectivity index (χ0) is 10.3. The van der Waals surface area contributed by atoms with E-state index in [1.54, 1.807) is 0 Å². The topological polar surface area (TPSA) is 30.7 Å². The van der Waals surface area contributed by atoms with Crippen LogP contribution in [-0.4, -0.2) is 22.9 Å². The molecule has 0 bridgehead atoms. The van der Waals surface area contributed by atoms with Gasteiger partial charge in [-0.25, -0.2) is 0 Å². The molecule has 1 aromatic rings. The van der Waals surface area contributed by atoms with Gasteiger partial charge in [-0.1, -0.05) is 26.0 Å². The van der Waals surface area contributed by atoms with Crippen LogP contribution in [0.4, 0.5) is 0 Å². The molecule has 0 atom stereocenters. The molecule has 0 unspecified atom stereocenters. The van der Waals surface area contributed by atoms with Gasteiger partial charge in [0.05, 0.1) is 5.69 Å². The first kappa shape index (κ1) is 10.4. The highest BCUT2D eigenvalue weighted by Gasteiger charge is 2.23. The van der Waals surface area contributed by atoms with E-state index in [9.17, 15) is 0 Å². The molecule has 13 heavy (non-hydrogen) atoms. The van der Waals surface area contributed by atoms with Crippen molar-refractivity contribution in [3.63, 3.8) is 0 Å². The number of rotatable bonds is 1. The van der Waals surface area contributed by atoms with E-state index in [-0.39, 0.29) is 5.41 Å². The molecule has 0 amide bonds. The van der Waals surface area contributed by atoms with Gasteiger partial charge in [0.2, 0.25) is 0 Å². The molecule has 0 aliphatic carbocycles. The average Bonchev–Trinajstić information content (AvgIpc) is 2.28. The zero-order valence-electron chi connectivity index (χ0n) is 9.42. The van der Waals surface area contributed by atoms with Crippen LogP contribution in [-0.2, 0) is 5.41 Å². The Morgan fingerprint density at radius 1 is 1.23 bits per heavy atom. The summed E-state index contributed by atoms with van der Waals surface area (Å²) >= 11 is 0. The minimum Gasteiger partial charge on any atom is -0.282 e. The summed E-state index contributed by atoms with van der Waals surface area (Å²) in [5, 5.41) is 8.38. The molecule has 1 rings (SSSR count). The minimum atomic E-state index is -1.35. The molecule has 4 heteroatoms. The van der Waals surface area contributed by atoms with Crippen LogP contribution in [0.1, 0.15) is 26.5 Å². The Balaban J connectivity index is 3.01. The quantitative estimate of drug-likeness (QED) is 0.647. The molecule has 0 radical (unpaired) electrons. The van der Waals surface area contributed by atoms with Gasteiger partial charge in [0, 0.05) is 11.6 Å². The van der Waals surface area contributed by atoms with E-state index in [2.05, 4.69) is 56.9 Å². The highest BCUT2D eigenvalue weighted by atomic mass is 28.3. The van der Waals surface area contributed by atoms with Gasteiger partial charge in [0.1, 0.15) is 0 Å². The highest BCUT2D eigenvalue weighted by Crippen LogP contribution is 2.19. The van der Waals surface area contributed by atoms with Crippen molar-refractivity contribution in [1.29, 1.82) is 0 Å². The first-order valence-corrected chi connectivity index (χ1v) is 8.09.